The van der Waals surface area contributed by atoms with Crippen molar-refractivity contribution in [2.75, 3.05) is 5.32 Å². The maximum absolute atomic E-state index is 14.5. The van der Waals surface area contributed by atoms with Gasteiger partial charge in [0.2, 0.25) is 0 Å². The van der Waals surface area contributed by atoms with Gasteiger partial charge in [0.1, 0.15) is 17.3 Å². The second-order valence-electron chi connectivity index (χ2n) is 6.98. The lowest BCUT2D eigenvalue weighted by Gasteiger charge is -2.36. The van der Waals surface area contributed by atoms with Gasteiger partial charge in [-0.3, -0.25) is 4.79 Å². The van der Waals surface area contributed by atoms with Gasteiger partial charge in [0, 0.05) is 17.7 Å². The number of nitrogens with two attached hydrogens (primary N) is 1. The maximum atomic E-state index is 14.5. The van der Waals surface area contributed by atoms with E-state index in [4.69, 9.17) is 5.73 Å². The molecule has 32 heavy (non-hydrogen) atoms. The normalized spacial score (nSPS) is 21.0. The third-order valence-electron chi connectivity index (χ3n) is 4.57. The number of hydrogen-bond donors (Lipinski definition) is 2. The Morgan fingerprint density at radius 2 is 2.03 bits per heavy atom. The zero-order valence-electron chi connectivity index (χ0n) is 16.3. The van der Waals surface area contributed by atoms with Crippen molar-refractivity contribution >= 4 is 17.6 Å². The van der Waals surface area contributed by atoms with Crippen LogP contribution < -0.4 is 15.8 Å². The number of rotatable bonds is 5. The minimum Gasteiger partial charge on any atom is -0.452 e. The molecule has 0 unspecified atom stereocenters. The summed E-state index contributed by atoms with van der Waals surface area (Å²) in [5.41, 5.74) is 3.29. The molecule has 1 aromatic heterocycles. The summed E-state index contributed by atoms with van der Waals surface area (Å²) in [6, 6.07) is 4.73. The highest BCUT2D eigenvalue weighted by Crippen LogP contribution is 2.41. The molecule has 172 valence electrons. The predicted octanol–water partition coefficient (Wildman–Crippen LogP) is 3.96. The molecule has 1 aliphatic rings. The molecule has 0 bridgehead atoms. The Labute approximate surface area is 177 Å². The predicted molar refractivity (Wildman–Crippen MR) is 99.7 cm³/mol. The van der Waals surface area contributed by atoms with Gasteiger partial charge in [0.15, 0.2) is 6.10 Å². The number of hydrogen-bond acceptors (Lipinski definition) is 6. The van der Waals surface area contributed by atoms with Crippen LogP contribution in [0.3, 0.4) is 0 Å². The molecule has 0 fully saturated rings. The number of amidine groups is 1. The molecule has 1 aromatic carbocycles. The number of ether oxygens (including phenoxy) is 2. The van der Waals surface area contributed by atoms with Crippen LogP contribution in [0.1, 0.15) is 29.4 Å². The first-order chi connectivity index (χ1) is 14.9. The molecule has 0 spiro atoms. The minimum atomic E-state index is -4.75. The number of aromatic nitrogens is 1. The van der Waals surface area contributed by atoms with Gasteiger partial charge in [-0.25, -0.2) is 14.4 Å². The quantitative estimate of drug-likeness (QED) is 0.656. The van der Waals surface area contributed by atoms with Crippen molar-refractivity contribution in [2.45, 2.75) is 37.8 Å². The van der Waals surface area contributed by atoms with Crippen LogP contribution in [0, 0.1) is 5.82 Å². The molecule has 1 aliphatic heterocycles. The summed E-state index contributed by atoms with van der Waals surface area (Å²) in [7, 11) is 0. The van der Waals surface area contributed by atoms with Crippen molar-refractivity contribution in [1.29, 1.82) is 0 Å². The number of pyridine rings is 1. The van der Waals surface area contributed by atoms with E-state index in [-0.39, 0.29) is 22.7 Å². The average molecular weight is 462 g/mol. The summed E-state index contributed by atoms with van der Waals surface area (Å²) >= 11 is 0. The van der Waals surface area contributed by atoms with Gasteiger partial charge in [-0.1, -0.05) is 0 Å². The molecule has 2 aromatic rings. The van der Waals surface area contributed by atoms with Crippen molar-refractivity contribution < 1.29 is 40.6 Å². The Bertz CT molecular complexity index is 1030. The molecular weight excluding hydrogens is 446 g/mol. The van der Waals surface area contributed by atoms with Gasteiger partial charge >= 0.3 is 12.8 Å². The van der Waals surface area contributed by atoms with E-state index in [0.29, 0.717) is 0 Å². The largest absolute Gasteiger partial charge is 0.452 e. The lowest BCUT2D eigenvalue weighted by molar-refractivity contribution is -0.208. The number of anilines is 1. The number of carbonyl (C=O) groups excluding carboxylic acids is 1. The summed E-state index contributed by atoms with van der Waals surface area (Å²) in [4.78, 5) is 19.9. The molecular formula is C19H16F6N4O3. The lowest BCUT2D eigenvalue weighted by Crippen LogP contribution is -2.46. The Balaban J connectivity index is 1.84. The van der Waals surface area contributed by atoms with Crippen molar-refractivity contribution in [3.8, 4) is 5.75 Å². The molecule has 2 heterocycles. The van der Waals surface area contributed by atoms with Crippen LogP contribution in [0.5, 0.6) is 5.75 Å². The fraction of sp³-hybridized carbons (Fsp3) is 0.316. The fourth-order valence-corrected chi connectivity index (χ4v) is 3.11. The Morgan fingerprint density at radius 3 is 2.62 bits per heavy atom. The van der Waals surface area contributed by atoms with E-state index in [2.05, 4.69) is 24.8 Å². The molecule has 0 aliphatic carbocycles. The van der Waals surface area contributed by atoms with Crippen LogP contribution in [0.2, 0.25) is 0 Å². The number of amides is 1. The molecule has 0 saturated carbocycles. The van der Waals surface area contributed by atoms with E-state index < -0.39 is 48.6 Å². The minimum absolute atomic E-state index is 0.0335. The molecule has 1 amide bonds. The zero-order valence-corrected chi connectivity index (χ0v) is 16.3. The summed E-state index contributed by atoms with van der Waals surface area (Å²) < 4.78 is 87.1. The summed E-state index contributed by atoms with van der Waals surface area (Å²) in [5, 5.41) is 2.40. The average Bonchev–Trinajstić information content (AvgIpc) is 2.68. The van der Waals surface area contributed by atoms with Gasteiger partial charge in [0.25, 0.3) is 11.9 Å². The maximum Gasteiger partial charge on any atom is 0.425 e. The summed E-state index contributed by atoms with van der Waals surface area (Å²) in [5.74, 6) is -1.90. The molecule has 13 heteroatoms. The van der Waals surface area contributed by atoms with E-state index in [0.717, 1.165) is 30.5 Å². The second kappa shape index (κ2) is 8.55. The zero-order chi connectivity index (χ0) is 23.7. The Hall–Kier alpha value is -3.51. The number of nitrogens with one attached hydrogen (secondary N) is 1. The first-order valence-electron chi connectivity index (χ1n) is 8.98. The van der Waals surface area contributed by atoms with Crippen molar-refractivity contribution in [2.24, 2.45) is 10.7 Å². The first-order valence-corrected chi connectivity index (χ1v) is 8.98. The van der Waals surface area contributed by atoms with E-state index in [1.165, 1.54) is 13.0 Å². The standard InChI is InChI=1S/C19H16F6N4O3/c1-18(7-14(19(23,24)25)32-17(26)29-18)11-6-9(2-4-12(11)20)28-15(30)13-5-3-10(8-27-13)31-16(21)22/h2-6,8,14,16H,7H2,1H3,(H2,26,29)(H,28,30)/t14-,18-/m0/s1. The number of halogens is 6. The first kappa shape index (κ1) is 23.2. The highest BCUT2D eigenvalue weighted by atomic mass is 19.4. The number of alkyl halides is 5. The number of carbonyl (C=O) groups is 1. The van der Waals surface area contributed by atoms with Gasteiger partial charge in [-0.05, 0) is 37.3 Å². The number of benzene rings is 1. The smallest absolute Gasteiger partial charge is 0.425 e. The number of nitrogens with zero attached hydrogens (tertiary/aromatic N) is 2. The van der Waals surface area contributed by atoms with Crippen LogP contribution in [0.25, 0.3) is 0 Å². The highest BCUT2D eigenvalue weighted by molar-refractivity contribution is 6.02. The Morgan fingerprint density at radius 1 is 1.31 bits per heavy atom. The topological polar surface area (TPSA) is 98.8 Å². The van der Waals surface area contributed by atoms with Crippen LogP contribution in [0.4, 0.5) is 32.0 Å². The van der Waals surface area contributed by atoms with E-state index in [1.54, 1.807) is 0 Å². The van der Waals surface area contributed by atoms with Crippen LogP contribution in [0.15, 0.2) is 41.5 Å². The van der Waals surface area contributed by atoms with Crippen molar-refractivity contribution in [3.05, 3.63) is 53.6 Å². The van der Waals surface area contributed by atoms with Gasteiger partial charge in [-0.2, -0.15) is 22.0 Å². The molecule has 3 N–H and O–H groups in total. The summed E-state index contributed by atoms with van der Waals surface area (Å²) in [6.07, 6.45) is -6.87. The molecule has 0 radical (unpaired) electrons. The van der Waals surface area contributed by atoms with Gasteiger partial charge in [-0.15, -0.1) is 0 Å². The Kier molecular flexibility index (Phi) is 6.19. The van der Waals surface area contributed by atoms with Crippen LogP contribution in [-0.2, 0) is 10.3 Å². The van der Waals surface area contributed by atoms with Crippen LogP contribution >= 0.6 is 0 Å². The third-order valence-corrected chi connectivity index (χ3v) is 4.57. The third kappa shape index (κ3) is 5.21. The van der Waals surface area contributed by atoms with Crippen molar-refractivity contribution in [3.63, 3.8) is 0 Å². The monoisotopic (exact) mass is 462 g/mol. The molecule has 2 atom stereocenters. The molecule has 3 rings (SSSR count). The number of aliphatic imine (C=N–C) groups is 1. The van der Waals surface area contributed by atoms with E-state index >= 15 is 0 Å². The van der Waals surface area contributed by atoms with Gasteiger partial charge < -0.3 is 20.5 Å². The van der Waals surface area contributed by atoms with E-state index in [9.17, 15) is 31.1 Å². The fourth-order valence-electron chi connectivity index (χ4n) is 3.11. The van der Waals surface area contributed by atoms with Gasteiger partial charge in [0.05, 0.1) is 11.7 Å². The lowest BCUT2D eigenvalue weighted by atomic mass is 9.85. The van der Waals surface area contributed by atoms with Crippen LogP contribution in [-0.4, -0.2) is 35.8 Å². The SMILES string of the molecule is C[C@@]1(c2cc(NC(=O)c3ccc(OC(F)F)cn3)ccc2F)C[C@@H](C(F)(F)F)OC(N)=N1. The highest BCUT2D eigenvalue weighted by Gasteiger charge is 2.50. The summed E-state index contributed by atoms with van der Waals surface area (Å²) in [6.45, 7) is -1.80. The second-order valence-corrected chi connectivity index (χ2v) is 6.98. The molecule has 7 nitrogen and oxygen atoms in total. The van der Waals surface area contributed by atoms with Crippen molar-refractivity contribution in [1.82, 2.24) is 4.98 Å². The molecule has 0 saturated heterocycles. The van der Waals surface area contributed by atoms with E-state index in [1.807, 2.05) is 0 Å².